The van der Waals surface area contributed by atoms with Gasteiger partial charge in [-0.3, -0.25) is 10.1 Å². The number of hydrogen-bond acceptors (Lipinski definition) is 6. The zero-order valence-electron chi connectivity index (χ0n) is 21.6. The molecule has 0 aromatic heterocycles. The first-order valence-electron chi connectivity index (χ1n) is 12.4. The van der Waals surface area contributed by atoms with Crippen molar-refractivity contribution in [2.75, 3.05) is 12.9 Å². The second-order valence-electron chi connectivity index (χ2n) is 10.0. The molecule has 6 nitrogen and oxygen atoms in total. The Kier molecular flexibility index (Phi) is 8.25. The van der Waals surface area contributed by atoms with E-state index in [0.29, 0.717) is 5.75 Å². The molecule has 4 rings (SSSR count). The Morgan fingerprint density at radius 2 is 1.32 bits per heavy atom. The molecule has 0 bridgehead atoms. The van der Waals surface area contributed by atoms with Crippen LogP contribution in [0, 0.1) is 0 Å². The van der Waals surface area contributed by atoms with Crippen LogP contribution in [0.1, 0.15) is 37.5 Å². The molecule has 0 saturated carbocycles. The fourth-order valence-corrected chi connectivity index (χ4v) is 6.31. The lowest BCUT2D eigenvalue weighted by molar-refractivity contribution is -0.142. The number of esters is 1. The zero-order chi connectivity index (χ0) is 26.5. The van der Waals surface area contributed by atoms with Gasteiger partial charge < -0.3 is 14.8 Å². The third kappa shape index (κ3) is 5.84. The Hall–Kier alpha value is -3.29. The molecule has 2 N–H and O–H groups in total. The number of amides is 1. The summed E-state index contributed by atoms with van der Waals surface area (Å²) in [5.74, 6) is 0.203. The smallest absolute Gasteiger partial charge is 0.408 e. The van der Waals surface area contributed by atoms with E-state index < -0.39 is 29.2 Å². The number of rotatable bonds is 7. The summed E-state index contributed by atoms with van der Waals surface area (Å²) in [7, 11) is 1.39. The van der Waals surface area contributed by atoms with Gasteiger partial charge >= 0.3 is 12.1 Å². The average Bonchev–Trinajstić information content (AvgIpc) is 3.39. The van der Waals surface area contributed by atoms with Gasteiger partial charge in [0.25, 0.3) is 0 Å². The maximum absolute atomic E-state index is 13.4. The maximum Gasteiger partial charge on any atom is 0.408 e. The van der Waals surface area contributed by atoms with E-state index in [0.717, 1.165) is 16.7 Å². The molecular formula is C30H34N2O4S. The van der Waals surface area contributed by atoms with E-state index in [9.17, 15) is 9.59 Å². The lowest BCUT2D eigenvalue weighted by Crippen LogP contribution is -2.61. The summed E-state index contributed by atoms with van der Waals surface area (Å²) in [5, 5.41) is 6.35. The molecule has 194 valence electrons. The molecule has 7 heteroatoms. The molecule has 3 aromatic rings. The van der Waals surface area contributed by atoms with Crippen LogP contribution < -0.4 is 10.6 Å². The predicted molar refractivity (Wildman–Crippen MR) is 148 cm³/mol. The number of hydrogen-bond donors (Lipinski definition) is 2. The molecule has 1 fully saturated rings. The van der Waals surface area contributed by atoms with E-state index in [1.54, 1.807) is 11.8 Å². The first-order chi connectivity index (χ1) is 17.8. The number of methoxy groups -OCH3 is 1. The number of ether oxygens (including phenoxy) is 2. The second-order valence-corrected chi connectivity index (χ2v) is 11.2. The van der Waals surface area contributed by atoms with Crippen molar-refractivity contribution in [1.82, 2.24) is 10.6 Å². The molecule has 1 saturated heterocycles. The molecule has 1 amide bonds. The third-order valence-electron chi connectivity index (χ3n) is 6.42. The predicted octanol–water partition coefficient (Wildman–Crippen LogP) is 5.12. The summed E-state index contributed by atoms with van der Waals surface area (Å²) in [6, 6.07) is 29.5. The maximum atomic E-state index is 13.4. The SMILES string of the molecule is COC(=O)[C@@H]1CSC(C(NC(=O)OC(C)(C)C)C(c2ccccc2)(c2ccccc2)c2ccccc2)N1. The highest BCUT2D eigenvalue weighted by Crippen LogP contribution is 2.45. The number of alkyl carbamates (subject to hydrolysis) is 1. The summed E-state index contributed by atoms with van der Waals surface area (Å²) >= 11 is 1.59. The average molecular weight is 519 g/mol. The molecule has 0 aliphatic carbocycles. The van der Waals surface area contributed by atoms with Crippen molar-refractivity contribution in [2.24, 2.45) is 0 Å². The molecular weight excluding hydrogens is 484 g/mol. The Morgan fingerprint density at radius 3 is 1.73 bits per heavy atom. The number of carbonyl (C=O) groups excluding carboxylic acids is 2. The van der Waals surface area contributed by atoms with Gasteiger partial charge in [0.05, 0.1) is 23.9 Å². The Bertz CT molecular complexity index is 1090. The fraction of sp³-hybridized carbons (Fsp3) is 0.333. The normalized spacial score (nSPS) is 18.6. The Morgan fingerprint density at radius 1 is 0.865 bits per heavy atom. The van der Waals surface area contributed by atoms with Crippen LogP contribution in [-0.2, 0) is 19.7 Å². The van der Waals surface area contributed by atoms with Crippen LogP contribution in [0.3, 0.4) is 0 Å². The van der Waals surface area contributed by atoms with Gasteiger partial charge in [-0.2, -0.15) is 0 Å². The molecule has 0 spiro atoms. The Labute approximate surface area is 223 Å². The molecule has 3 atom stereocenters. The Balaban J connectivity index is 1.95. The second kappa shape index (κ2) is 11.4. The van der Waals surface area contributed by atoms with Crippen molar-refractivity contribution in [3.8, 4) is 0 Å². The van der Waals surface area contributed by atoms with Crippen molar-refractivity contribution in [2.45, 2.75) is 49.2 Å². The monoisotopic (exact) mass is 518 g/mol. The summed E-state index contributed by atoms with van der Waals surface area (Å²) in [4.78, 5) is 25.8. The molecule has 2 unspecified atom stereocenters. The van der Waals surface area contributed by atoms with E-state index >= 15 is 0 Å². The zero-order valence-corrected chi connectivity index (χ0v) is 22.5. The topological polar surface area (TPSA) is 76.7 Å². The highest BCUT2D eigenvalue weighted by Gasteiger charge is 2.51. The lowest BCUT2D eigenvalue weighted by atomic mass is 9.64. The quantitative estimate of drug-likeness (QED) is 0.334. The minimum absolute atomic E-state index is 0.322. The standard InChI is InChI=1S/C30H34N2O4S/c1-29(2,3)36-28(34)32-25(26-31-24(20-37-26)27(33)35-4)30(21-14-8-5-9-15-21,22-16-10-6-11-17-22)23-18-12-7-13-19-23/h5-19,24-26,31H,20H2,1-4H3,(H,32,34)/t24-,25?,26?/m0/s1. The van der Waals surface area contributed by atoms with E-state index in [4.69, 9.17) is 9.47 Å². The first-order valence-corrected chi connectivity index (χ1v) is 13.4. The highest BCUT2D eigenvalue weighted by molar-refractivity contribution is 8.00. The van der Waals surface area contributed by atoms with Crippen molar-refractivity contribution in [1.29, 1.82) is 0 Å². The van der Waals surface area contributed by atoms with Crippen molar-refractivity contribution < 1.29 is 19.1 Å². The summed E-state index contributed by atoms with van der Waals surface area (Å²) < 4.78 is 10.8. The van der Waals surface area contributed by atoms with Crippen LogP contribution in [0.5, 0.6) is 0 Å². The van der Waals surface area contributed by atoms with Gasteiger partial charge in [-0.15, -0.1) is 11.8 Å². The minimum atomic E-state index is -0.809. The molecule has 3 aromatic carbocycles. The number of thioether (sulfide) groups is 1. The van der Waals surface area contributed by atoms with Crippen molar-refractivity contribution in [3.63, 3.8) is 0 Å². The van der Waals surface area contributed by atoms with Crippen LogP contribution >= 0.6 is 11.8 Å². The van der Waals surface area contributed by atoms with E-state index in [1.807, 2.05) is 75.4 Å². The molecule has 1 aliphatic heterocycles. The van der Waals surface area contributed by atoms with Gasteiger partial charge in [0, 0.05) is 5.75 Å². The van der Waals surface area contributed by atoms with Crippen LogP contribution in [0.2, 0.25) is 0 Å². The van der Waals surface area contributed by atoms with Crippen LogP contribution in [0.25, 0.3) is 0 Å². The van der Waals surface area contributed by atoms with Gasteiger partial charge in [-0.1, -0.05) is 91.0 Å². The molecule has 0 radical (unpaired) electrons. The van der Waals surface area contributed by atoms with Crippen LogP contribution in [0.4, 0.5) is 4.79 Å². The van der Waals surface area contributed by atoms with Crippen molar-refractivity contribution >= 4 is 23.8 Å². The van der Waals surface area contributed by atoms with E-state index in [2.05, 4.69) is 47.0 Å². The molecule has 37 heavy (non-hydrogen) atoms. The number of benzene rings is 3. The van der Waals surface area contributed by atoms with E-state index in [-0.39, 0.29) is 11.3 Å². The van der Waals surface area contributed by atoms with Gasteiger partial charge in [-0.05, 0) is 37.5 Å². The highest BCUT2D eigenvalue weighted by atomic mass is 32.2. The minimum Gasteiger partial charge on any atom is -0.468 e. The van der Waals surface area contributed by atoms with Gasteiger partial charge in [0.15, 0.2) is 0 Å². The molecule has 1 aliphatic rings. The number of carbonyl (C=O) groups is 2. The van der Waals surface area contributed by atoms with Gasteiger partial charge in [0.2, 0.25) is 0 Å². The number of nitrogens with one attached hydrogen (secondary N) is 2. The summed E-state index contributed by atoms with van der Waals surface area (Å²) in [6.07, 6.45) is -0.520. The van der Waals surface area contributed by atoms with Crippen LogP contribution in [0.15, 0.2) is 91.0 Å². The molecule has 1 heterocycles. The third-order valence-corrected chi connectivity index (χ3v) is 7.72. The fourth-order valence-electron chi connectivity index (χ4n) is 4.95. The lowest BCUT2D eigenvalue weighted by Gasteiger charge is -2.45. The van der Waals surface area contributed by atoms with E-state index in [1.165, 1.54) is 7.11 Å². The first kappa shape index (κ1) is 26.8. The van der Waals surface area contributed by atoms with Crippen LogP contribution in [-0.4, -0.2) is 48.0 Å². The van der Waals surface area contributed by atoms with Crippen molar-refractivity contribution in [3.05, 3.63) is 108 Å². The summed E-state index contributed by atoms with van der Waals surface area (Å²) in [5.41, 5.74) is 1.55. The summed E-state index contributed by atoms with van der Waals surface area (Å²) in [6.45, 7) is 5.53. The largest absolute Gasteiger partial charge is 0.468 e. The van der Waals surface area contributed by atoms with Gasteiger partial charge in [-0.25, -0.2) is 4.79 Å². The van der Waals surface area contributed by atoms with Gasteiger partial charge in [0.1, 0.15) is 11.6 Å².